The van der Waals surface area contributed by atoms with Crippen LogP contribution in [0, 0.1) is 5.92 Å². The number of carbonyl (C=O) groups is 3. The molecule has 0 heterocycles. The van der Waals surface area contributed by atoms with Gasteiger partial charge in [0.05, 0.1) is 0 Å². The van der Waals surface area contributed by atoms with Gasteiger partial charge in [-0.2, -0.15) is 0 Å². The van der Waals surface area contributed by atoms with Crippen molar-refractivity contribution >= 4 is 18.0 Å². The highest BCUT2D eigenvalue weighted by molar-refractivity contribution is 6.03. The van der Waals surface area contributed by atoms with E-state index in [1.54, 1.807) is 13.8 Å². The fourth-order valence-corrected chi connectivity index (χ4v) is 0.681. The first-order chi connectivity index (χ1) is 6.00. The van der Waals surface area contributed by atoms with Crippen LogP contribution in [-0.2, 0) is 19.1 Å². The average Bonchev–Trinajstić information content (AvgIpc) is 2.11. The maximum atomic E-state index is 11.1. The Hall–Kier alpha value is -1.23. The first-order valence-corrected chi connectivity index (χ1v) is 3.90. The van der Waals surface area contributed by atoms with E-state index in [-0.39, 0.29) is 12.5 Å². The first kappa shape index (κ1) is 11.8. The lowest BCUT2D eigenvalue weighted by molar-refractivity contribution is -0.150. The predicted octanol–water partition coefficient (Wildman–Crippen LogP) is -0.719. The molecule has 0 aromatic heterocycles. The van der Waals surface area contributed by atoms with Gasteiger partial charge in [-0.15, -0.1) is 0 Å². The molecule has 1 atom stereocenters. The Kier molecular flexibility index (Phi) is 4.91. The van der Waals surface area contributed by atoms with Crippen molar-refractivity contribution < 1.29 is 19.1 Å². The average molecular weight is 187 g/mol. The summed E-state index contributed by atoms with van der Waals surface area (Å²) in [5.74, 6) is -1.57. The summed E-state index contributed by atoms with van der Waals surface area (Å²) < 4.78 is 4.37. The van der Waals surface area contributed by atoms with Crippen molar-refractivity contribution in [2.75, 3.05) is 6.61 Å². The van der Waals surface area contributed by atoms with Gasteiger partial charge in [0.2, 0.25) is 0 Å². The third-order valence-corrected chi connectivity index (χ3v) is 1.42. The zero-order valence-corrected chi connectivity index (χ0v) is 7.65. The Morgan fingerprint density at radius 1 is 1.46 bits per heavy atom. The second-order valence-corrected chi connectivity index (χ2v) is 2.83. The summed E-state index contributed by atoms with van der Waals surface area (Å²) in [7, 11) is 0. The van der Waals surface area contributed by atoms with E-state index in [1.165, 1.54) is 0 Å². The lowest BCUT2D eigenvalue weighted by atomic mass is 10.0. The summed E-state index contributed by atoms with van der Waals surface area (Å²) in [6.07, 6.45) is 0.421. The number of aldehydes is 1. The summed E-state index contributed by atoms with van der Waals surface area (Å²) >= 11 is 0. The van der Waals surface area contributed by atoms with E-state index in [0.29, 0.717) is 6.29 Å². The molecule has 0 amide bonds. The van der Waals surface area contributed by atoms with Gasteiger partial charge in [-0.05, 0) is 0 Å². The molecule has 0 aromatic rings. The predicted molar refractivity (Wildman–Crippen MR) is 44.8 cm³/mol. The Labute approximate surface area is 76.2 Å². The van der Waals surface area contributed by atoms with E-state index in [2.05, 4.69) is 4.74 Å². The van der Waals surface area contributed by atoms with Crippen molar-refractivity contribution in [3.63, 3.8) is 0 Å². The van der Waals surface area contributed by atoms with Crippen LogP contribution in [0.5, 0.6) is 0 Å². The third-order valence-electron chi connectivity index (χ3n) is 1.42. The van der Waals surface area contributed by atoms with Gasteiger partial charge in [0.1, 0.15) is 6.61 Å². The van der Waals surface area contributed by atoms with Crippen LogP contribution in [0.2, 0.25) is 0 Å². The monoisotopic (exact) mass is 187 g/mol. The van der Waals surface area contributed by atoms with Gasteiger partial charge in [-0.3, -0.25) is 9.59 Å². The van der Waals surface area contributed by atoms with Gasteiger partial charge in [0.25, 0.3) is 0 Å². The fourth-order valence-electron chi connectivity index (χ4n) is 0.681. The van der Waals surface area contributed by atoms with Crippen LogP contribution in [-0.4, -0.2) is 30.7 Å². The zero-order chi connectivity index (χ0) is 10.4. The van der Waals surface area contributed by atoms with Crippen LogP contribution >= 0.6 is 0 Å². The smallest absolute Gasteiger partial charge is 0.331 e. The van der Waals surface area contributed by atoms with Gasteiger partial charge in [-0.25, -0.2) is 4.79 Å². The van der Waals surface area contributed by atoms with E-state index in [4.69, 9.17) is 5.73 Å². The molecule has 1 unspecified atom stereocenters. The van der Waals surface area contributed by atoms with Crippen LogP contribution in [0.1, 0.15) is 13.8 Å². The lowest BCUT2D eigenvalue weighted by Gasteiger charge is -2.10. The molecule has 0 bridgehead atoms. The lowest BCUT2D eigenvalue weighted by Crippen LogP contribution is -2.42. The second-order valence-electron chi connectivity index (χ2n) is 2.83. The first-order valence-electron chi connectivity index (χ1n) is 3.90. The van der Waals surface area contributed by atoms with Crippen molar-refractivity contribution in [1.29, 1.82) is 0 Å². The number of esters is 1. The van der Waals surface area contributed by atoms with Crippen molar-refractivity contribution in [1.82, 2.24) is 0 Å². The number of hydrogen-bond donors (Lipinski definition) is 1. The summed E-state index contributed by atoms with van der Waals surface area (Å²) in [5.41, 5.74) is 5.26. The molecule has 0 aromatic carbocycles. The standard InChI is InChI=1S/C8H13NO4/c1-5(2)7(11)6(9)8(12)13-4-3-10/h3,5-6H,4,9H2,1-2H3. The van der Waals surface area contributed by atoms with E-state index in [1.807, 2.05) is 0 Å². The highest BCUT2D eigenvalue weighted by Gasteiger charge is 2.25. The maximum Gasteiger partial charge on any atom is 0.331 e. The molecule has 5 heteroatoms. The highest BCUT2D eigenvalue weighted by Crippen LogP contribution is 1.99. The van der Waals surface area contributed by atoms with Crippen LogP contribution in [0.3, 0.4) is 0 Å². The van der Waals surface area contributed by atoms with E-state index < -0.39 is 17.8 Å². The third kappa shape index (κ3) is 3.80. The van der Waals surface area contributed by atoms with E-state index in [9.17, 15) is 14.4 Å². The molecule has 2 N–H and O–H groups in total. The maximum absolute atomic E-state index is 11.1. The Bertz CT molecular complexity index is 212. The largest absolute Gasteiger partial charge is 0.457 e. The minimum atomic E-state index is -1.28. The molecule has 0 fully saturated rings. The van der Waals surface area contributed by atoms with Gasteiger partial charge >= 0.3 is 5.97 Å². The van der Waals surface area contributed by atoms with Crippen molar-refractivity contribution in [3.8, 4) is 0 Å². The molecule has 0 aliphatic carbocycles. The minimum absolute atomic E-state index is 0.321. The molecular formula is C8H13NO4. The Morgan fingerprint density at radius 3 is 2.38 bits per heavy atom. The molecule has 0 saturated carbocycles. The van der Waals surface area contributed by atoms with Crippen molar-refractivity contribution in [2.45, 2.75) is 19.9 Å². The highest BCUT2D eigenvalue weighted by atomic mass is 16.5. The minimum Gasteiger partial charge on any atom is -0.457 e. The molecule has 0 saturated heterocycles. The second kappa shape index (κ2) is 5.42. The molecule has 0 aliphatic rings. The van der Waals surface area contributed by atoms with Crippen LogP contribution in [0.4, 0.5) is 0 Å². The normalized spacial score (nSPS) is 12.3. The quantitative estimate of drug-likeness (QED) is 0.348. The Balaban J connectivity index is 4.09. The van der Waals surface area contributed by atoms with Crippen LogP contribution in [0.25, 0.3) is 0 Å². The molecule has 0 aliphatic heterocycles. The topological polar surface area (TPSA) is 86.5 Å². The molecule has 0 radical (unpaired) electrons. The van der Waals surface area contributed by atoms with Crippen LogP contribution in [0.15, 0.2) is 0 Å². The summed E-state index contributed by atoms with van der Waals surface area (Å²) in [6, 6.07) is -1.28. The number of ketones is 1. The molecule has 74 valence electrons. The van der Waals surface area contributed by atoms with Gasteiger partial charge in [-0.1, -0.05) is 13.8 Å². The van der Waals surface area contributed by atoms with Gasteiger partial charge in [0.15, 0.2) is 18.1 Å². The number of ether oxygens (including phenoxy) is 1. The summed E-state index contributed by atoms with van der Waals surface area (Å²) in [4.78, 5) is 31.9. The SMILES string of the molecule is CC(C)C(=O)C(N)C(=O)OCC=O. The Morgan fingerprint density at radius 2 is 2.00 bits per heavy atom. The number of carbonyl (C=O) groups excluding carboxylic acids is 3. The molecule has 0 rings (SSSR count). The fraction of sp³-hybridized carbons (Fsp3) is 0.625. The zero-order valence-electron chi connectivity index (χ0n) is 7.65. The summed E-state index contributed by atoms with van der Waals surface area (Å²) in [6.45, 7) is 2.91. The molecular weight excluding hydrogens is 174 g/mol. The molecule has 13 heavy (non-hydrogen) atoms. The number of nitrogens with two attached hydrogens (primary N) is 1. The summed E-state index contributed by atoms with van der Waals surface area (Å²) in [5, 5.41) is 0. The van der Waals surface area contributed by atoms with Crippen LogP contribution < -0.4 is 5.73 Å². The number of rotatable bonds is 5. The van der Waals surface area contributed by atoms with Crippen molar-refractivity contribution in [3.05, 3.63) is 0 Å². The number of Topliss-reactive ketones (excluding diaryl/α,β-unsaturated/α-hetero) is 1. The van der Waals surface area contributed by atoms with Gasteiger partial charge < -0.3 is 10.5 Å². The van der Waals surface area contributed by atoms with Crippen molar-refractivity contribution in [2.24, 2.45) is 11.7 Å². The molecule has 5 nitrogen and oxygen atoms in total. The molecule has 0 spiro atoms. The van der Waals surface area contributed by atoms with Gasteiger partial charge in [0, 0.05) is 5.92 Å². The van der Waals surface area contributed by atoms with E-state index in [0.717, 1.165) is 0 Å². The number of hydrogen-bond acceptors (Lipinski definition) is 5. The van der Waals surface area contributed by atoms with E-state index >= 15 is 0 Å².